The molecule has 1 unspecified atom stereocenters. The molecule has 0 bridgehead atoms. The molecule has 0 aromatic carbocycles. The average molecular weight is 336 g/mol. The van der Waals surface area contributed by atoms with Crippen LogP contribution < -0.4 is 10.2 Å². The molecule has 2 aromatic rings. The predicted molar refractivity (Wildman–Crippen MR) is 88.3 cm³/mol. The molecule has 0 amide bonds. The van der Waals surface area contributed by atoms with E-state index in [1.54, 1.807) is 6.26 Å². The van der Waals surface area contributed by atoms with Crippen LogP contribution in [-0.2, 0) is 16.4 Å². The molecule has 8 heteroatoms. The van der Waals surface area contributed by atoms with E-state index in [1.165, 1.54) is 0 Å². The van der Waals surface area contributed by atoms with E-state index < -0.39 is 9.84 Å². The van der Waals surface area contributed by atoms with Crippen molar-refractivity contribution in [3.63, 3.8) is 0 Å². The van der Waals surface area contributed by atoms with E-state index in [9.17, 15) is 8.42 Å². The Hall–Kier alpha value is -2.09. The van der Waals surface area contributed by atoms with E-state index in [0.717, 1.165) is 11.6 Å². The fraction of sp³-hybridized carbons (Fsp3) is 0.467. The van der Waals surface area contributed by atoms with Crippen LogP contribution in [-0.4, -0.2) is 43.0 Å². The maximum absolute atomic E-state index is 11.7. The zero-order valence-corrected chi connectivity index (χ0v) is 14.0. The summed E-state index contributed by atoms with van der Waals surface area (Å²) in [5.74, 6) is 3.30. The summed E-state index contributed by atoms with van der Waals surface area (Å²) in [4.78, 5) is 10.7. The molecule has 1 saturated heterocycles. The van der Waals surface area contributed by atoms with Crippen LogP contribution in [0.1, 0.15) is 18.0 Å². The Balaban J connectivity index is 1.74. The first-order valence-corrected chi connectivity index (χ1v) is 9.30. The van der Waals surface area contributed by atoms with Crippen molar-refractivity contribution in [1.82, 2.24) is 9.97 Å². The molecule has 124 valence electrons. The first-order valence-electron chi connectivity index (χ1n) is 7.48. The first kappa shape index (κ1) is 15.8. The number of sulfone groups is 1. The SMILES string of the molecule is Cc1nc(NCc2ccco2)cc(N(C)C2CCS(=O)(=O)C2)n1. The Kier molecular flexibility index (Phi) is 4.25. The maximum Gasteiger partial charge on any atom is 0.152 e. The van der Waals surface area contributed by atoms with Crippen molar-refractivity contribution in [1.29, 1.82) is 0 Å². The van der Waals surface area contributed by atoms with E-state index in [2.05, 4.69) is 15.3 Å². The Morgan fingerprint density at radius 3 is 2.91 bits per heavy atom. The molecule has 0 aliphatic carbocycles. The number of aromatic nitrogens is 2. The lowest BCUT2D eigenvalue weighted by molar-refractivity contribution is 0.517. The largest absolute Gasteiger partial charge is 0.467 e. The highest BCUT2D eigenvalue weighted by atomic mass is 32.2. The molecular weight excluding hydrogens is 316 g/mol. The van der Waals surface area contributed by atoms with Gasteiger partial charge in [0.2, 0.25) is 0 Å². The molecule has 3 heterocycles. The van der Waals surface area contributed by atoms with E-state index in [-0.39, 0.29) is 17.5 Å². The topological polar surface area (TPSA) is 88.3 Å². The lowest BCUT2D eigenvalue weighted by Crippen LogP contribution is -2.33. The van der Waals surface area contributed by atoms with Crippen molar-refractivity contribution in [3.05, 3.63) is 36.0 Å². The number of hydrogen-bond donors (Lipinski definition) is 1. The van der Waals surface area contributed by atoms with Gasteiger partial charge in [0, 0.05) is 19.2 Å². The highest BCUT2D eigenvalue weighted by Crippen LogP contribution is 2.23. The van der Waals surface area contributed by atoms with Crippen LogP contribution in [0.3, 0.4) is 0 Å². The molecule has 2 aromatic heterocycles. The monoisotopic (exact) mass is 336 g/mol. The number of nitrogens with zero attached hydrogens (tertiary/aromatic N) is 3. The number of anilines is 2. The van der Waals surface area contributed by atoms with E-state index in [4.69, 9.17) is 4.42 Å². The second-order valence-corrected chi connectivity index (χ2v) is 7.99. The molecule has 1 atom stereocenters. The fourth-order valence-corrected chi connectivity index (χ4v) is 4.46. The summed E-state index contributed by atoms with van der Waals surface area (Å²) < 4.78 is 28.6. The van der Waals surface area contributed by atoms with Crippen LogP contribution in [0.25, 0.3) is 0 Å². The summed E-state index contributed by atoms with van der Waals surface area (Å²) >= 11 is 0. The van der Waals surface area contributed by atoms with Crippen LogP contribution in [0.4, 0.5) is 11.6 Å². The van der Waals surface area contributed by atoms with Gasteiger partial charge in [-0.25, -0.2) is 18.4 Å². The number of rotatable bonds is 5. The molecule has 0 radical (unpaired) electrons. The van der Waals surface area contributed by atoms with Crippen molar-refractivity contribution < 1.29 is 12.8 Å². The van der Waals surface area contributed by atoms with Gasteiger partial charge in [-0.2, -0.15) is 0 Å². The summed E-state index contributed by atoms with van der Waals surface area (Å²) in [7, 11) is -1.04. The average Bonchev–Trinajstić information content (AvgIpc) is 3.13. The van der Waals surface area contributed by atoms with Crippen LogP contribution in [0, 0.1) is 6.92 Å². The Bertz CT molecular complexity index is 774. The maximum atomic E-state index is 11.7. The molecule has 3 rings (SSSR count). The molecule has 1 aliphatic rings. The second kappa shape index (κ2) is 6.19. The van der Waals surface area contributed by atoms with Gasteiger partial charge in [-0.3, -0.25) is 0 Å². The van der Waals surface area contributed by atoms with E-state index in [1.807, 2.05) is 37.1 Å². The summed E-state index contributed by atoms with van der Waals surface area (Å²) in [5.41, 5.74) is 0. The van der Waals surface area contributed by atoms with Gasteiger partial charge in [0.25, 0.3) is 0 Å². The molecule has 7 nitrogen and oxygen atoms in total. The van der Waals surface area contributed by atoms with Gasteiger partial charge in [-0.1, -0.05) is 0 Å². The number of nitrogens with one attached hydrogen (secondary N) is 1. The molecule has 1 N–H and O–H groups in total. The van der Waals surface area contributed by atoms with Crippen LogP contribution in [0.5, 0.6) is 0 Å². The smallest absolute Gasteiger partial charge is 0.152 e. The van der Waals surface area contributed by atoms with Crippen LogP contribution >= 0.6 is 0 Å². The van der Waals surface area contributed by atoms with Gasteiger partial charge in [-0.15, -0.1) is 0 Å². The van der Waals surface area contributed by atoms with Crippen LogP contribution in [0.2, 0.25) is 0 Å². The number of hydrogen-bond acceptors (Lipinski definition) is 7. The normalized spacial score (nSPS) is 19.7. The summed E-state index contributed by atoms with van der Waals surface area (Å²) in [6, 6.07) is 5.52. The molecule has 23 heavy (non-hydrogen) atoms. The fourth-order valence-electron chi connectivity index (χ4n) is 2.68. The van der Waals surface area contributed by atoms with Crippen molar-refractivity contribution >= 4 is 21.5 Å². The standard InChI is InChI=1S/C15H20N4O3S/c1-11-17-14(16-9-13-4-3-6-22-13)8-15(18-11)19(2)12-5-7-23(20,21)10-12/h3-4,6,8,12H,5,7,9-10H2,1-2H3,(H,16,17,18). The van der Waals surface area contributed by atoms with Gasteiger partial charge < -0.3 is 14.6 Å². The van der Waals surface area contributed by atoms with Gasteiger partial charge in [0.15, 0.2) is 9.84 Å². The number of aryl methyl sites for hydroxylation is 1. The second-order valence-electron chi connectivity index (χ2n) is 5.76. The van der Waals surface area contributed by atoms with E-state index in [0.29, 0.717) is 24.6 Å². The minimum Gasteiger partial charge on any atom is -0.467 e. The third-order valence-corrected chi connectivity index (χ3v) is 5.72. The summed E-state index contributed by atoms with van der Waals surface area (Å²) in [6.45, 7) is 2.35. The third-order valence-electron chi connectivity index (χ3n) is 3.97. The van der Waals surface area contributed by atoms with Crippen molar-refractivity contribution in [2.75, 3.05) is 28.8 Å². The summed E-state index contributed by atoms with van der Waals surface area (Å²) in [6.07, 6.45) is 2.26. The van der Waals surface area contributed by atoms with Gasteiger partial charge in [0.1, 0.15) is 23.2 Å². The lowest BCUT2D eigenvalue weighted by Gasteiger charge is -2.25. The predicted octanol–water partition coefficient (Wildman–Crippen LogP) is 1.61. The minimum absolute atomic E-state index is 0.0350. The van der Waals surface area contributed by atoms with Crippen molar-refractivity contribution in [2.45, 2.75) is 25.9 Å². The highest BCUT2D eigenvalue weighted by molar-refractivity contribution is 7.91. The van der Waals surface area contributed by atoms with Gasteiger partial charge in [0.05, 0.1) is 24.3 Å². The van der Waals surface area contributed by atoms with Crippen LogP contribution in [0.15, 0.2) is 28.9 Å². The Labute approximate surface area is 135 Å². The van der Waals surface area contributed by atoms with Crippen molar-refractivity contribution in [2.24, 2.45) is 0 Å². The zero-order chi connectivity index (χ0) is 16.4. The van der Waals surface area contributed by atoms with Gasteiger partial charge >= 0.3 is 0 Å². The van der Waals surface area contributed by atoms with Crippen molar-refractivity contribution in [3.8, 4) is 0 Å². The summed E-state index contributed by atoms with van der Waals surface area (Å²) in [5, 5.41) is 3.20. The molecule has 0 spiro atoms. The molecule has 1 aliphatic heterocycles. The van der Waals surface area contributed by atoms with Gasteiger partial charge in [-0.05, 0) is 25.5 Å². The minimum atomic E-state index is -2.92. The third kappa shape index (κ3) is 3.82. The molecular formula is C15H20N4O3S. The zero-order valence-electron chi connectivity index (χ0n) is 13.2. The molecule has 1 fully saturated rings. The lowest BCUT2D eigenvalue weighted by atomic mass is 10.2. The van der Waals surface area contributed by atoms with E-state index >= 15 is 0 Å². The Morgan fingerprint density at radius 2 is 2.26 bits per heavy atom. The first-order chi connectivity index (χ1) is 10.9. The number of furan rings is 1. The highest BCUT2D eigenvalue weighted by Gasteiger charge is 2.31. The molecule has 0 saturated carbocycles. The Morgan fingerprint density at radius 1 is 1.43 bits per heavy atom. The quantitative estimate of drug-likeness (QED) is 0.887.